The molecule has 0 fully saturated rings. The maximum atomic E-state index is 11.0. The average Bonchev–Trinajstić information content (AvgIpc) is 2.46. The third kappa shape index (κ3) is 3.31. The minimum atomic E-state index is -0.327. The molecule has 0 saturated heterocycles. The molecule has 2 rings (SSSR count). The molecule has 0 unspecified atom stereocenters. The first kappa shape index (κ1) is 13.1. The van der Waals surface area contributed by atoms with Crippen molar-refractivity contribution >= 4 is 11.4 Å². The summed E-state index contributed by atoms with van der Waals surface area (Å²) in [6.45, 7) is 2.57. The van der Waals surface area contributed by atoms with Gasteiger partial charge < -0.3 is 5.32 Å². The van der Waals surface area contributed by atoms with E-state index in [2.05, 4.69) is 5.32 Å². The molecule has 1 N–H and O–H groups in total. The molecule has 2 aromatic carbocycles. The number of hydrogen-bond donors (Lipinski definition) is 1. The van der Waals surface area contributed by atoms with Crippen LogP contribution in [-0.2, 0) is 13.0 Å². The highest BCUT2D eigenvalue weighted by Crippen LogP contribution is 2.23. The van der Waals surface area contributed by atoms with Crippen LogP contribution in [0.3, 0.4) is 0 Å². The summed E-state index contributed by atoms with van der Waals surface area (Å²) in [6.07, 6.45) is 0.662. The lowest BCUT2D eigenvalue weighted by molar-refractivity contribution is -0.385. The van der Waals surface area contributed by atoms with Crippen LogP contribution in [0.1, 0.15) is 18.1 Å². The number of benzene rings is 2. The summed E-state index contributed by atoms with van der Waals surface area (Å²) >= 11 is 0. The molecule has 0 radical (unpaired) electrons. The third-order valence-electron chi connectivity index (χ3n) is 3.00. The highest BCUT2D eigenvalue weighted by molar-refractivity contribution is 5.55. The lowest BCUT2D eigenvalue weighted by Crippen LogP contribution is -2.01. The van der Waals surface area contributed by atoms with Crippen molar-refractivity contribution in [2.75, 3.05) is 5.32 Å². The second-order valence-corrected chi connectivity index (χ2v) is 4.29. The second-order valence-electron chi connectivity index (χ2n) is 4.29. The van der Waals surface area contributed by atoms with E-state index in [1.54, 1.807) is 6.07 Å². The lowest BCUT2D eigenvalue weighted by atomic mass is 10.1. The molecule has 0 bridgehead atoms. The molecule has 4 heteroatoms. The van der Waals surface area contributed by atoms with Gasteiger partial charge in [-0.2, -0.15) is 0 Å². The Morgan fingerprint density at radius 2 is 1.89 bits per heavy atom. The first-order valence-corrected chi connectivity index (χ1v) is 6.26. The van der Waals surface area contributed by atoms with Crippen LogP contribution in [0.2, 0.25) is 0 Å². The SMILES string of the molecule is CCc1ccc(NCc2ccccc2)cc1[N+](=O)[O-]. The quantitative estimate of drug-likeness (QED) is 0.654. The number of nitrogens with zero attached hydrogens (tertiary/aromatic N) is 1. The van der Waals surface area contributed by atoms with Crippen LogP contribution in [0.15, 0.2) is 48.5 Å². The highest BCUT2D eigenvalue weighted by Gasteiger charge is 2.12. The van der Waals surface area contributed by atoms with Gasteiger partial charge in [0.2, 0.25) is 0 Å². The van der Waals surface area contributed by atoms with E-state index in [4.69, 9.17) is 0 Å². The normalized spacial score (nSPS) is 10.2. The summed E-state index contributed by atoms with van der Waals surface area (Å²) < 4.78 is 0. The van der Waals surface area contributed by atoms with Crippen LogP contribution < -0.4 is 5.32 Å². The van der Waals surface area contributed by atoms with Crippen molar-refractivity contribution in [1.82, 2.24) is 0 Å². The van der Waals surface area contributed by atoms with Crippen LogP contribution >= 0.6 is 0 Å². The van der Waals surface area contributed by atoms with Crippen molar-refractivity contribution in [2.45, 2.75) is 19.9 Å². The molecular weight excluding hydrogens is 240 g/mol. The summed E-state index contributed by atoms with van der Waals surface area (Å²) in [4.78, 5) is 10.7. The number of rotatable bonds is 5. The average molecular weight is 256 g/mol. The number of nitro groups is 1. The number of nitrogens with one attached hydrogen (secondary N) is 1. The van der Waals surface area contributed by atoms with Gasteiger partial charge in [0.15, 0.2) is 0 Å². The number of aryl methyl sites for hydroxylation is 1. The molecule has 0 aliphatic rings. The van der Waals surface area contributed by atoms with Gasteiger partial charge in [0.05, 0.1) is 4.92 Å². The fraction of sp³-hybridized carbons (Fsp3) is 0.200. The molecule has 0 heterocycles. The van der Waals surface area contributed by atoms with E-state index in [1.165, 1.54) is 0 Å². The van der Waals surface area contributed by atoms with Crippen LogP contribution in [0.5, 0.6) is 0 Å². The van der Waals surface area contributed by atoms with E-state index >= 15 is 0 Å². The minimum absolute atomic E-state index is 0.181. The molecule has 0 spiro atoms. The molecule has 0 aromatic heterocycles. The summed E-state index contributed by atoms with van der Waals surface area (Å²) in [5.74, 6) is 0. The summed E-state index contributed by atoms with van der Waals surface area (Å²) in [5.41, 5.74) is 2.85. The van der Waals surface area contributed by atoms with E-state index < -0.39 is 0 Å². The lowest BCUT2D eigenvalue weighted by Gasteiger charge is -2.08. The van der Waals surface area contributed by atoms with Crippen molar-refractivity contribution in [3.05, 3.63) is 69.8 Å². The molecule has 0 aliphatic carbocycles. The topological polar surface area (TPSA) is 55.2 Å². The second kappa shape index (κ2) is 6.00. The van der Waals surface area contributed by atoms with Crippen molar-refractivity contribution in [1.29, 1.82) is 0 Å². The summed E-state index contributed by atoms with van der Waals surface area (Å²) in [6, 6.07) is 15.2. The smallest absolute Gasteiger partial charge is 0.274 e. The van der Waals surface area contributed by atoms with E-state index in [0.717, 1.165) is 16.8 Å². The van der Waals surface area contributed by atoms with Gasteiger partial charge >= 0.3 is 0 Å². The zero-order valence-corrected chi connectivity index (χ0v) is 10.8. The Hall–Kier alpha value is -2.36. The van der Waals surface area contributed by atoms with Gasteiger partial charge in [-0.15, -0.1) is 0 Å². The van der Waals surface area contributed by atoms with E-state index in [-0.39, 0.29) is 10.6 Å². The van der Waals surface area contributed by atoms with Crippen molar-refractivity contribution in [2.24, 2.45) is 0 Å². The number of hydrogen-bond acceptors (Lipinski definition) is 3. The highest BCUT2D eigenvalue weighted by atomic mass is 16.6. The van der Waals surface area contributed by atoms with Gasteiger partial charge in [0, 0.05) is 23.9 Å². The Morgan fingerprint density at radius 1 is 1.16 bits per heavy atom. The molecule has 0 amide bonds. The molecule has 98 valence electrons. The van der Waals surface area contributed by atoms with Gasteiger partial charge in [-0.05, 0) is 18.1 Å². The summed E-state index contributed by atoms with van der Waals surface area (Å²) in [5, 5.41) is 14.2. The Kier molecular flexibility index (Phi) is 4.13. The van der Waals surface area contributed by atoms with Crippen LogP contribution in [0, 0.1) is 10.1 Å². The van der Waals surface area contributed by atoms with E-state index in [0.29, 0.717) is 13.0 Å². The predicted octanol–water partition coefficient (Wildman–Crippen LogP) is 3.77. The zero-order chi connectivity index (χ0) is 13.7. The maximum Gasteiger partial charge on any atom is 0.274 e. The van der Waals surface area contributed by atoms with E-state index in [9.17, 15) is 10.1 Å². The van der Waals surface area contributed by atoms with Gasteiger partial charge in [-0.1, -0.05) is 43.3 Å². The summed E-state index contributed by atoms with van der Waals surface area (Å²) in [7, 11) is 0. The van der Waals surface area contributed by atoms with Crippen LogP contribution in [0.25, 0.3) is 0 Å². The minimum Gasteiger partial charge on any atom is -0.381 e. The molecule has 0 atom stereocenters. The Labute approximate surface area is 112 Å². The van der Waals surface area contributed by atoms with Gasteiger partial charge in [-0.25, -0.2) is 0 Å². The van der Waals surface area contributed by atoms with Gasteiger partial charge in [0.1, 0.15) is 0 Å². The first-order chi connectivity index (χ1) is 9.20. The zero-order valence-electron chi connectivity index (χ0n) is 10.8. The molecular formula is C15H16N2O2. The van der Waals surface area contributed by atoms with Crippen LogP contribution in [0.4, 0.5) is 11.4 Å². The Balaban J connectivity index is 2.13. The van der Waals surface area contributed by atoms with Crippen molar-refractivity contribution in [3.63, 3.8) is 0 Å². The largest absolute Gasteiger partial charge is 0.381 e. The fourth-order valence-corrected chi connectivity index (χ4v) is 1.94. The van der Waals surface area contributed by atoms with Crippen molar-refractivity contribution in [3.8, 4) is 0 Å². The van der Waals surface area contributed by atoms with Gasteiger partial charge in [-0.3, -0.25) is 10.1 Å². The van der Waals surface area contributed by atoms with Crippen LogP contribution in [-0.4, -0.2) is 4.92 Å². The first-order valence-electron chi connectivity index (χ1n) is 6.26. The Morgan fingerprint density at radius 3 is 2.53 bits per heavy atom. The Bertz CT molecular complexity index is 568. The van der Waals surface area contributed by atoms with Crippen molar-refractivity contribution < 1.29 is 4.92 Å². The van der Waals surface area contributed by atoms with E-state index in [1.807, 2.05) is 49.4 Å². The predicted molar refractivity (Wildman–Crippen MR) is 76.2 cm³/mol. The maximum absolute atomic E-state index is 11.0. The van der Waals surface area contributed by atoms with Gasteiger partial charge in [0.25, 0.3) is 5.69 Å². The monoisotopic (exact) mass is 256 g/mol. The number of anilines is 1. The molecule has 4 nitrogen and oxygen atoms in total. The molecule has 0 saturated carbocycles. The number of nitro benzene ring substituents is 1. The molecule has 19 heavy (non-hydrogen) atoms. The third-order valence-corrected chi connectivity index (χ3v) is 3.00. The molecule has 2 aromatic rings. The standard InChI is InChI=1S/C15H16N2O2/c1-2-13-8-9-14(10-15(13)17(18)19)16-11-12-6-4-3-5-7-12/h3-10,16H,2,11H2,1H3. The fourth-order valence-electron chi connectivity index (χ4n) is 1.94. The molecule has 0 aliphatic heterocycles.